The fourth-order valence-corrected chi connectivity index (χ4v) is 10.9. The van der Waals surface area contributed by atoms with Gasteiger partial charge in [-0.15, -0.1) is 22.7 Å². The van der Waals surface area contributed by atoms with Gasteiger partial charge in [0.2, 0.25) is 0 Å². The third-order valence-corrected chi connectivity index (χ3v) is 13.6. The zero-order valence-electron chi connectivity index (χ0n) is 30.2. The van der Waals surface area contributed by atoms with Gasteiger partial charge in [0.1, 0.15) is 0 Å². The summed E-state index contributed by atoms with van der Waals surface area (Å²) < 4.78 is 10.1. The first-order valence-corrected chi connectivity index (χ1v) is 20.6. The maximum absolute atomic E-state index is 2.43. The Morgan fingerprint density at radius 1 is 0.286 bits per heavy atom. The molecular formula is C52H32N2S2. The van der Waals surface area contributed by atoms with E-state index in [-0.39, 0.29) is 0 Å². The van der Waals surface area contributed by atoms with Crippen LogP contribution in [0.1, 0.15) is 0 Å². The van der Waals surface area contributed by atoms with Gasteiger partial charge in [0.15, 0.2) is 0 Å². The molecule has 0 aliphatic heterocycles. The van der Waals surface area contributed by atoms with Crippen LogP contribution in [0.25, 0.3) is 107 Å². The number of aromatic nitrogens is 2. The van der Waals surface area contributed by atoms with Crippen molar-refractivity contribution in [2.75, 3.05) is 0 Å². The summed E-state index contributed by atoms with van der Waals surface area (Å²) in [4.78, 5) is 0. The van der Waals surface area contributed by atoms with E-state index < -0.39 is 0 Å². The van der Waals surface area contributed by atoms with Gasteiger partial charge in [0, 0.05) is 62.5 Å². The molecule has 4 heteroatoms. The fraction of sp³-hybridized carbons (Fsp3) is 0. The van der Waals surface area contributed by atoms with Gasteiger partial charge < -0.3 is 9.13 Å². The van der Waals surface area contributed by atoms with Crippen LogP contribution >= 0.6 is 22.7 Å². The first-order chi connectivity index (χ1) is 27.7. The van der Waals surface area contributed by atoms with Crippen LogP contribution in [-0.4, -0.2) is 9.13 Å². The third kappa shape index (κ3) is 4.93. The molecule has 0 saturated carbocycles. The highest BCUT2D eigenvalue weighted by molar-refractivity contribution is 7.26. The maximum Gasteiger partial charge on any atom is 0.0540 e. The van der Waals surface area contributed by atoms with Gasteiger partial charge in [0.05, 0.1) is 22.4 Å². The van der Waals surface area contributed by atoms with E-state index in [1.54, 1.807) is 0 Å². The van der Waals surface area contributed by atoms with Gasteiger partial charge in [-0.05, 0) is 107 Å². The van der Waals surface area contributed by atoms with Crippen molar-refractivity contribution in [1.82, 2.24) is 9.13 Å². The lowest BCUT2D eigenvalue weighted by Gasteiger charge is -2.13. The highest BCUT2D eigenvalue weighted by atomic mass is 32.1. The number of nitrogens with zero attached hydrogens (tertiary/aromatic N) is 2. The fourth-order valence-electron chi connectivity index (χ4n) is 8.70. The standard InChI is InChI=1S/C52H32N2S2/c1-3-11-33(12-4-1)47-29-37-27-35(19-23-45(37)53(47)39-21-25-51-43(31-39)41-15-7-9-17-49(41)55-51)36-20-24-46-38(28-36)30-48(34-13-5-2-6-14-34)54(46)40-22-26-52-44(32-40)42-16-8-10-18-50(42)56-52/h1-32H. The summed E-state index contributed by atoms with van der Waals surface area (Å²) >= 11 is 3.72. The van der Waals surface area contributed by atoms with Crippen molar-refractivity contribution in [2.45, 2.75) is 0 Å². The van der Waals surface area contributed by atoms with E-state index in [2.05, 4.69) is 203 Å². The molecular weight excluding hydrogens is 717 g/mol. The maximum atomic E-state index is 2.43. The highest BCUT2D eigenvalue weighted by Crippen LogP contribution is 2.41. The van der Waals surface area contributed by atoms with Crippen molar-refractivity contribution < 1.29 is 0 Å². The van der Waals surface area contributed by atoms with E-state index >= 15 is 0 Å². The summed E-state index contributed by atoms with van der Waals surface area (Å²) in [7, 11) is 0. The second-order valence-corrected chi connectivity index (χ2v) is 16.7. The van der Waals surface area contributed by atoms with Gasteiger partial charge >= 0.3 is 0 Å². The Bertz CT molecular complexity index is 3240. The second kappa shape index (κ2) is 12.4. The Hall–Kier alpha value is -6.72. The normalized spacial score (nSPS) is 11.9. The minimum atomic E-state index is 1.17. The molecule has 0 aliphatic rings. The number of rotatable bonds is 5. The SMILES string of the molecule is c1ccc(-c2cc3cc(-c4ccc5c(c4)cc(-c4ccccc4)n5-c4ccc5sc6ccccc6c5c4)ccc3n2-c2ccc3sc4ccccc4c3c2)cc1. The van der Waals surface area contributed by atoms with Gasteiger partial charge in [-0.1, -0.05) is 109 Å². The van der Waals surface area contributed by atoms with Crippen LogP contribution in [0, 0.1) is 0 Å². The van der Waals surface area contributed by atoms with Crippen LogP contribution in [-0.2, 0) is 0 Å². The number of benzene rings is 8. The smallest absolute Gasteiger partial charge is 0.0540 e. The largest absolute Gasteiger partial charge is 0.309 e. The second-order valence-electron chi connectivity index (χ2n) is 14.6. The van der Waals surface area contributed by atoms with Crippen molar-refractivity contribution in [2.24, 2.45) is 0 Å². The predicted octanol–water partition coefficient (Wildman–Crippen LogP) is 15.3. The van der Waals surface area contributed by atoms with Crippen LogP contribution in [0.3, 0.4) is 0 Å². The molecule has 0 aliphatic carbocycles. The van der Waals surface area contributed by atoms with Crippen molar-refractivity contribution in [1.29, 1.82) is 0 Å². The Balaban J connectivity index is 1.02. The van der Waals surface area contributed by atoms with Crippen LogP contribution in [0.2, 0.25) is 0 Å². The van der Waals surface area contributed by atoms with Gasteiger partial charge in [-0.25, -0.2) is 0 Å². The van der Waals surface area contributed by atoms with Gasteiger partial charge in [-0.2, -0.15) is 0 Å². The molecule has 0 bridgehead atoms. The summed E-state index contributed by atoms with van der Waals surface area (Å²) in [5.41, 5.74) is 11.9. The molecule has 4 heterocycles. The zero-order chi connectivity index (χ0) is 36.7. The number of hydrogen-bond acceptors (Lipinski definition) is 2. The first kappa shape index (κ1) is 31.6. The molecule has 8 aromatic carbocycles. The monoisotopic (exact) mass is 748 g/mol. The summed E-state index contributed by atoms with van der Waals surface area (Å²) in [6.45, 7) is 0. The molecule has 0 atom stereocenters. The molecule has 0 spiro atoms. The molecule has 262 valence electrons. The number of hydrogen-bond donors (Lipinski definition) is 0. The lowest BCUT2D eigenvalue weighted by molar-refractivity contribution is 1.14. The van der Waals surface area contributed by atoms with Crippen LogP contribution in [0.5, 0.6) is 0 Å². The molecule has 4 aromatic heterocycles. The van der Waals surface area contributed by atoms with Crippen molar-refractivity contribution >= 4 is 84.8 Å². The minimum absolute atomic E-state index is 1.17. The average molecular weight is 749 g/mol. The summed E-state index contributed by atoms with van der Waals surface area (Å²) in [5, 5.41) is 7.67. The van der Waals surface area contributed by atoms with E-state index in [0.717, 1.165) is 0 Å². The van der Waals surface area contributed by atoms with Crippen molar-refractivity contribution in [3.8, 4) is 45.0 Å². The quantitative estimate of drug-likeness (QED) is 0.166. The molecule has 12 aromatic rings. The van der Waals surface area contributed by atoms with Crippen LogP contribution < -0.4 is 0 Å². The van der Waals surface area contributed by atoms with Crippen molar-refractivity contribution in [3.63, 3.8) is 0 Å². The molecule has 0 fully saturated rings. The van der Waals surface area contributed by atoms with E-state index in [9.17, 15) is 0 Å². The van der Waals surface area contributed by atoms with E-state index in [4.69, 9.17) is 0 Å². The first-order valence-electron chi connectivity index (χ1n) is 19.0. The molecule has 0 radical (unpaired) electrons. The Morgan fingerprint density at radius 3 is 1.16 bits per heavy atom. The van der Waals surface area contributed by atoms with E-state index in [1.165, 1.54) is 107 Å². The van der Waals surface area contributed by atoms with Crippen LogP contribution in [0.4, 0.5) is 0 Å². The lowest BCUT2D eigenvalue weighted by atomic mass is 10.0. The molecule has 0 saturated heterocycles. The van der Waals surface area contributed by atoms with E-state index in [0.29, 0.717) is 0 Å². The average Bonchev–Trinajstić information content (AvgIpc) is 4.03. The van der Waals surface area contributed by atoms with Gasteiger partial charge in [-0.3, -0.25) is 0 Å². The predicted molar refractivity (Wildman–Crippen MR) is 242 cm³/mol. The summed E-state index contributed by atoms with van der Waals surface area (Å²) in [6, 6.07) is 71.5. The molecule has 12 rings (SSSR count). The molecule has 2 nitrogen and oxygen atoms in total. The summed E-state index contributed by atoms with van der Waals surface area (Å²) in [6.07, 6.45) is 0. The lowest BCUT2D eigenvalue weighted by Crippen LogP contribution is -1.97. The molecule has 0 N–H and O–H groups in total. The number of fused-ring (bicyclic) bond motifs is 8. The highest BCUT2D eigenvalue weighted by Gasteiger charge is 2.18. The van der Waals surface area contributed by atoms with Crippen LogP contribution in [0.15, 0.2) is 194 Å². The Kier molecular flexibility index (Phi) is 7.00. The zero-order valence-corrected chi connectivity index (χ0v) is 31.8. The molecule has 0 unspecified atom stereocenters. The summed E-state index contributed by atoms with van der Waals surface area (Å²) in [5.74, 6) is 0. The number of thiophene rings is 2. The Labute approximate surface area is 331 Å². The van der Waals surface area contributed by atoms with E-state index in [1.807, 2.05) is 22.7 Å². The third-order valence-electron chi connectivity index (χ3n) is 11.3. The van der Waals surface area contributed by atoms with Gasteiger partial charge in [0.25, 0.3) is 0 Å². The molecule has 0 amide bonds. The minimum Gasteiger partial charge on any atom is -0.309 e. The van der Waals surface area contributed by atoms with Crippen molar-refractivity contribution in [3.05, 3.63) is 194 Å². The topological polar surface area (TPSA) is 9.86 Å². The molecule has 56 heavy (non-hydrogen) atoms. The Morgan fingerprint density at radius 2 is 0.696 bits per heavy atom.